The summed E-state index contributed by atoms with van der Waals surface area (Å²) in [7, 11) is 0. The summed E-state index contributed by atoms with van der Waals surface area (Å²) in [6, 6.07) is 14.8. The molecule has 6 nitrogen and oxygen atoms in total. The quantitative estimate of drug-likeness (QED) is 0.349. The standard InChI is InChI=1S/C29H35ClN4O2.ClH/c30-25-19-32-26-17-22(11-12-24(25)26)28(35)33-27(21-7-3-1-4-8-21)29(36)34-15-13-20(14-16-34)18-31-23-9-5-2-6-10-23;/h1,3-4,7-8,11-12,17,19-20,23,27,31-32H,2,5-6,9-10,13-16,18H2,(H,33,35);1H/t27-;/m1./s1. The minimum atomic E-state index is -0.724. The zero-order valence-electron chi connectivity index (χ0n) is 21.0. The molecule has 37 heavy (non-hydrogen) atoms. The van der Waals surface area contributed by atoms with E-state index >= 15 is 0 Å². The van der Waals surface area contributed by atoms with Crippen molar-refractivity contribution in [2.45, 2.75) is 57.0 Å². The van der Waals surface area contributed by atoms with E-state index in [2.05, 4.69) is 15.6 Å². The van der Waals surface area contributed by atoms with Gasteiger partial charge in [0.1, 0.15) is 6.04 Å². The Morgan fingerprint density at radius 3 is 2.46 bits per heavy atom. The Balaban J connectivity index is 0.00000320. The molecule has 0 spiro atoms. The second kappa shape index (κ2) is 12.8. The van der Waals surface area contributed by atoms with Crippen molar-refractivity contribution in [2.75, 3.05) is 19.6 Å². The van der Waals surface area contributed by atoms with Gasteiger partial charge in [-0.1, -0.05) is 67.3 Å². The van der Waals surface area contributed by atoms with Gasteiger partial charge in [-0.15, -0.1) is 12.4 Å². The number of hydrogen-bond acceptors (Lipinski definition) is 3. The number of halogens is 2. The van der Waals surface area contributed by atoms with Gasteiger partial charge in [-0.2, -0.15) is 0 Å². The molecular weight excluding hydrogens is 507 g/mol. The van der Waals surface area contributed by atoms with Gasteiger partial charge >= 0.3 is 0 Å². The molecule has 0 radical (unpaired) electrons. The fraction of sp³-hybridized carbons (Fsp3) is 0.448. The highest BCUT2D eigenvalue weighted by atomic mass is 35.5. The third kappa shape index (κ3) is 6.67. The first-order valence-electron chi connectivity index (χ1n) is 13.2. The Morgan fingerprint density at radius 2 is 1.73 bits per heavy atom. The van der Waals surface area contributed by atoms with Crippen molar-refractivity contribution in [2.24, 2.45) is 5.92 Å². The van der Waals surface area contributed by atoms with Crippen LogP contribution in [0.1, 0.15) is 66.9 Å². The van der Waals surface area contributed by atoms with E-state index in [4.69, 9.17) is 11.6 Å². The van der Waals surface area contributed by atoms with Crippen LogP contribution in [0.2, 0.25) is 5.02 Å². The summed E-state index contributed by atoms with van der Waals surface area (Å²) < 4.78 is 0. The number of hydrogen-bond donors (Lipinski definition) is 3. The molecule has 3 aromatic rings. The lowest BCUT2D eigenvalue weighted by molar-refractivity contribution is -0.134. The van der Waals surface area contributed by atoms with E-state index in [1.54, 1.807) is 18.3 Å². The number of amides is 2. The van der Waals surface area contributed by atoms with Crippen LogP contribution in [0.5, 0.6) is 0 Å². The number of nitrogens with one attached hydrogen (secondary N) is 3. The molecule has 1 saturated carbocycles. The predicted octanol–water partition coefficient (Wildman–Crippen LogP) is 5.88. The third-order valence-corrected chi connectivity index (χ3v) is 8.09. The molecular formula is C29H36Cl2N4O2. The summed E-state index contributed by atoms with van der Waals surface area (Å²) >= 11 is 6.18. The number of aromatic amines is 1. The first-order chi connectivity index (χ1) is 17.6. The van der Waals surface area contributed by atoms with Gasteiger partial charge in [-0.3, -0.25) is 9.59 Å². The molecule has 1 aromatic heterocycles. The third-order valence-electron chi connectivity index (χ3n) is 7.78. The molecule has 1 saturated heterocycles. The Bertz CT molecular complexity index is 1190. The fourth-order valence-electron chi connectivity index (χ4n) is 5.56. The van der Waals surface area contributed by atoms with Crippen LogP contribution in [0, 0.1) is 5.92 Å². The number of nitrogens with zero attached hydrogens (tertiary/aromatic N) is 1. The number of benzene rings is 2. The van der Waals surface area contributed by atoms with Gasteiger partial charge in [-0.25, -0.2) is 0 Å². The predicted molar refractivity (Wildman–Crippen MR) is 151 cm³/mol. The Labute approximate surface area is 229 Å². The molecule has 0 bridgehead atoms. The summed E-state index contributed by atoms with van der Waals surface area (Å²) in [6.45, 7) is 2.49. The van der Waals surface area contributed by atoms with E-state index < -0.39 is 6.04 Å². The van der Waals surface area contributed by atoms with Gasteiger partial charge in [0, 0.05) is 41.8 Å². The normalized spacial score (nSPS) is 17.8. The molecule has 5 rings (SSSR count). The molecule has 1 aliphatic heterocycles. The lowest BCUT2D eigenvalue weighted by Crippen LogP contribution is -2.47. The summed E-state index contributed by atoms with van der Waals surface area (Å²) in [5.41, 5.74) is 2.07. The van der Waals surface area contributed by atoms with Crippen LogP contribution in [-0.2, 0) is 4.79 Å². The number of likely N-dealkylation sites (tertiary alicyclic amines) is 1. The highest BCUT2D eigenvalue weighted by Gasteiger charge is 2.31. The van der Waals surface area contributed by atoms with Crippen LogP contribution in [0.4, 0.5) is 0 Å². The highest BCUT2D eigenvalue weighted by molar-refractivity contribution is 6.35. The van der Waals surface area contributed by atoms with Crippen LogP contribution >= 0.6 is 24.0 Å². The minimum absolute atomic E-state index is 0. The molecule has 2 aliphatic rings. The van der Waals surface area contributed by atoms with Crippen LogP contribution in [0.25, 0.3) is 10.9 Å². The summed E-state index contributed by atoms with van der Waals surface area (Å²) in [5.74, 6) is 0.272. The molecule has 2 amide bonds. The zero-order valence-corrected chi connectivity index (χ0v) is 22.6. The largest absolute Gasteiger partial charge is 0.360 e. The smallest absolute Gasteiger partial charge is 0.252 e. The number of piperidine rings is 1. The highest BCUT2D eigenvalue weighted by Crippen LogP contribution is 2.26. The van der Waals surface area contributed by atoms with Crippen molar-refractivity contribution in [3.8, 4) is 0 Å². The molecule has 1 aliphatic carbocycles. The van der Waals surface area contributed by atoms with Crippen molar-refractivity contribution in [3.63, 3.8) is 0 Å². The van der Waals surface area contributed by atoms with Crippen molar-refractivity contribution in [1.82, 2.24) is 20.5 Å². The number of carbonyl (C=O) groups is 2. The van der Waals surface area contributed by atoms with Gasteiger partial charge in [0.2, 0.25) is 5.91 Å². The lowest BCUT2D eigenvalue weighted by Gasteiger charge is -2.35. The van der Waals surface area contributed by atoms with Crippen LogP contribution in [0.3, 0.4) is 0 Å². The maximum atomic E-state index is 13.7. The van der Waals surface area contributed by atoms with Gasteiger partial charge in [0.15, 0.2) is 0 Å². The molecule has 8 heteroatoms. The van der Waals surface area contributed by atoms with Crippen molar-refractivity contribution < 1.29 is 9.59 Å². The van der Waals surface area contributed by atoms with Gasteiger partial charge in [-0.05, 0) is 55.8 Å². The van der Waals surface area contributed by atoms with E-state index in [1.165, 1.54) is 32.1 Å². The zero-order chi connectivity index (χ0) is 24.9. The van der Waals surface area contributed by atoms with Crippen molar-refractivity contribution in [3.05, 3.63) is 70.9 Å². The van der Waals surface area contributed by atoms with E-state index in [1.807, 2.05) is 41.3 Å². The first kappa shape index (κ1) is 27.5. The molecule has 2 aromatic carbocycles. The molecule has 2 fully saturated rings. The SMILES string of the molecule is Cl.O=C(N[C@@H](C(=O)N1CCC(CNC2CCCCC2)CC1)c1ccccc1)c1ccc2c(Cl)c[nH]c2c1. The topological polar surface area (TPSA) is 77.2 Å². The van der Waals surface area contributed by atoms with Crippen LogP contribution < -0.4 is 10.6 Å². The molecule has 0 unspecified atom stereocenters. The molecule has 2 heterocycles. The average Bonchev–Trinajstić information content (AvgIpc) is 3.31. The first-order valence-corrected chi connectivity index (χ1v) is 13.6. The number of carbonyl (C=O) groups excluding carboxylic acids is 2. The monoisotopic (exact) mass is 542 g/mol. The van der Waals surface area contributed by atoms with Crippen LogP contribution in [-0.4, -0.2) is 47.4 Å². The number of H-pyrrole nitrogens is 1. The van der Waals surface area contributed by atoms with E-state index in [0.29, 0.717) is 22.5 Å². The fourth-order valence-corrected chi connectivity index (χ4v) is 5.78. The maximum absolute atomic E-state index is 13.7. The molecule has 198 valence electrons. The van der Waals surface area contributed by atoms with E-state index in [-0.39, 0.29) is 24.2 Å². The average molecular weight is 544 g/mol. The van der Waals surface area contributed by atoms with Gasteiger partial charge in [0.05, 0.1) is 5.02 Å². The van der Waals surface area contributed by atoms with Gasteiger partial charge < -0.3 is 20.5 Å². The second-order valence-electron chi connectivity index (χ2n) is 10.2. The minimum Gasteiger partial charge on any atom is -0.360 e. The van der Waals surface area contributed by atoms with E-state index in [0.717, 1.165) is 48.9 Å². The summed E-state index contributed by atoms with van der Waals surface area (Å²) in [6.07, 6.45) is 10.3. The summed E-state index contributed by atoms with van der Waals surface area (Å²) in [4.78, 5) is 31.9. The van der Waals surface area contributed by atoms with Crippen molar-refractivity contribution in [1.29, 1.82) is 0 Å². The number of rotatable bonds is 7. The Kier molecular flexibility index (Phi) is 9.52. The number of fused-ring (bicyclic) bond motifs is 1. The number of aromatic nitrogens is 1. The van der Waals surface area contributed by atoms with Crippen LogP contribution in [0.15, 0.2) is 54.7 Å². The van der Waals surface area contributed by atoms with Gasteiger partial charge in [0.25, 0.3) is 5.91 Å². The maximum Gasteiger partial charge on any atom is 0.252 e. The molecule has 3 N–H and O–H groups in total. The second-order valence-corrected chi connectivity index (χ2v) is 10.6. The van der Waals surface area contributed by atoms with Crippen molar-refractivity contribution >= 4 is 46.7 Å². The van der Waals surface area contributed by atoms with E-state index in [9.17, 15) is 9.59 Å². The Hall–Kier alpha value is -2.54. The summed E-state index contributed by atoms with van der Waals surface area (Å²) in [5, 5.41) is 8.26. The Morgan fingerprint density at radius 1 is 1.00 bits per heavy atom. The lowest BCUT2D eigenvalue weighted by atomic mass is 9.92. The molecule has 1 atom stereocenters.